The van der Waals surface area contributed by atoms with Crippen molar-refractivity contribution in [2.45, 2.75) is 155 Å². The molecule has 0 unspecified atom stereocenters. The normalized spacial score (nSPS) is 12.2. The second kappa shape index (κ2) is 47.3. The van der Waals surface area contributed by atoms with Crippen LogP contribution >= 0.6 is 0 Å². The van der Waals surface area contributed by atoms with Gasteiger partial charge >= 0.3 is 23.9 Å². The second-order valence-electron chi connectivity index (χ2n) is 19.2. The average Bonchev–Trinajstić information content (AvgIpc) is 3.46. The van der Waals surface area contributed by atoms with Crippen molar-refractivity contribution in [1.29, 1.82) is 0 Å². The molecule has 0 bridgehead atoms. The van der Waals surface area contributed by atoms with Crippen LogP contribution in [-0.4, -0.2) is 182 Å². The monoisotopic (exact) mass is 1180 g/mol. The van der Waals surface area contributed by atoms with Crippen LogP contribution in [0.5, 0.6) is 0 Å². The molecular weight excluding hydrogens is 1090 g/mol. The zero-order valence-electron chi connectivity index (χ0n) is 48.1. The number of aliphatic carboxylic acids is 4. The Bertz CT molecular complexity index is 2190. The number of benzene rings is 1. The molecular formula is C56H88N6O21. The number of anilines is 1. The highest BCUT2D eigenvalue weighted by atomic mass is 16.5. The molecule has 11 N–H and O–H groups in total. The Labute approximate surface area is 484 Å². The van der Waals surface area contributed by atoms with Crippen LogP contribution in [0, 0.1) is 11.8 Å². The van der Waals surface area contributed by atoms with E-state index in [1.54, 1.807) is 19.1 Å². The first kappa shape index (κ1) is 75.8. The molecule has 4 atom stereocenters. The van der Waals surface area contributed by atoms with Crippen LogP contribution in [0.1, 0.15) is 153 Å². The van der Waals surface area contributed by atoms with Gasteiger partial charge in [-0.3, -0.25) is 52.7 Å². The number of nitrogens with two attached hydrogens (primary N) is 1. The molecule has 0 aliphatic rings. The number of primary amides is 1. The third kappa shape index (κ3) is 40.6. The van der Waals surface area contributed by atoms with Gasteiger partial charge in [0.1, 0.15) is 36.9 Å². The van der Waals surface area contributed by atoms with Crippen molar-refractivity contribution in [2.24, 2.45) is 17.6 Å². The maximum absolute atomic E-state index is 12.3. The van der Waals surface area contributed by atoms with Crippen molar-refractivity contribution < 1.29 is 102 Å². The number of ether oxygens (including phenoxy) is 4. The summed E-state index contributed by atoms with van der Waals surface area (Å²) in [5, 5.41) is 49.8. The van der Waals surface area contributed by atoms with Gasteiger partial charge < -0.3 is 71.7 Å². The molecule has 0 aromatic heterocycles. The molecule has 27 heteroatoms. The SMILES string of the molecule is CCCNc1ccc(C(=O)NCCCC[C@H](NC(=O)COCCOCCCC(=O)CC)C(N)=O)cc1.CC[C@H](NC(=O)CC[C@H](CC(=O)COCCOCCNC(=O)CC[C@H](CC(=O)CCCCCC(=O)C(=O)O)C(=O)O)C(=O)O)C(=O)O. The number of hydrogen-bond donors (Lipinski definition) is 10. The van der Waals surface area contributed by atoms with E-state index in [0.29, 0.717) is 83.1 Å². The van der Waals surface area contributed by atoms with Crippen LogP contribution in [0.4, 0.5) is 5.69 Å². The zero-order valence-corrected chi connectivity index (χ0v) is 48.1. The second-order valence-corrected chi connectivity index (χ2v) is 19.2. The predicted octanol–water partition coefficient (Wildman–Crippen LogP) is 2.77. The van der Waals surface area contributed by atoms with Crippen LogP contribution in [0.15, 0.2) is 24.3 Å². The third-order valence-corrected chi connectivity index (χ3v) is 12.3. The minimum absolute atomic E-state index is 0.00219. The largest absolute Gasteiger partial charge is 0.481 e. The number of carbonyl (C=O) groups excluding carboxylic acids is 9. The van der Waals surface area contributed by atoms with Gasteiger partial charge in [0, 0.05) is 88.9 Å². The van der Waals surface area contributed by atoms with Crippen molar-refractivity contribution in [2.75, 3.05) is 77.8 Å². The molecule has 0 saturated carbocycles. The van der Waals surface area contributed by atoms with Crippen molar-refractivity contribution in [1.82, 2.24) is 21.3 Å². The molecule has 1 aromatic rings. The molecule has 1 rings (SSSR count). The van der Waals surface area contributed by atoms with E-state index in [4.69, 9.17) is 34.9 Å². The highest BCUT2D eigenvalue weighted by molar-refractivity contribution is 6.32. The molecule has 27 nitrogen and oxygen atoms in total. The Morgan fingerprint density at radius 3 is 1.64 bits per heavy atom. The molecule has 0 radical (unpaired) electrons. The summed E-state index contributed by atoms with van der Waals surface area (Å²) in [4.78, 5) is 151. The zero-order chi connectivity index (χ0) is 62.4. The van der Waals surface area contributed by atoms with Crippen LogP contribution in [0.2, 0.25) is 0 Å². The van der Waals surface area contributed by atoms with E-state index >= 15 is 0 Å². The molecule has 83 heavy (non-hydrogen) atoms. The smallest absolute Gasteiger partial charge is 0.372 e. The topological polar surface area (TPSA) is 426 Å². The standard InChI is InChI=1S/C30H46N2O15.C26H42N4O6/c1-2-23(29(42)43)32-26(37)11-9-20(28(40)41)17-22(34)18-47-15-14-46-13-12-31-25(36)10-8-19(27(38)39)16-21(33)6-4-3-5-7-24(35)30(44)45;1-3-14-28-21-12-10-20(11-13-21)26(34)29-15-6-5-9-23(25(27)33)30-24(32)19-36-18-17-35-16-7-8-22(31)4-2/h19-20,23H,2-18H2,1H3,(H,31,36)(H,32,37)(H,38,39)(H,40,41)(H,42,43)(H,44,45);10-13,23,28H,3-9,14-19H2,1-2H3,(H2,27,33)(H,29,34)(H,30,32)/t19-,20-,23+;23-/m10/s1. The summed E-state index contributed by atoms with van der Waals surface area (Å²) in [6.45, 7) is 7.52. The number of ketones is 4. The van der Waals surface area contributed by atoms with E-state index in [0.717, 1.165) is 18.7 Å². The third-order valence-electron chi connectivity index (χ3n) is 12.3. The lowest BCUT2D eigenvalue weighted by Crippen LogP contribution is -2.45. The van der Waals surface area contributed by atoms with Gasteiger partial charge in [-0.2, -0.15) is 0 Å². The summed E-state index contributed by atoms with van der Waals surface area (Å²) in [5.41, 5.74) is 6.96. The van der Waals surface area contributed by atoms with Crippen molar-refractivity contribution in [3.05, 3.63) is 29.8 Å². The first-order chi connectivity index (χ1) is 39.5. The summed E-state index contributed by atoms with van der Waals surface area (Å²) >= 11 is 0. The minimum Gasteiger partial charge on any atom is -0.481 e. The van der Waals surface area contributed by atoms with E-state index in [1.165, 1.54) is 0 Å². The van der Waals surface area contributed by atoms with E-state index in [1.807, 2.05) is 19.1 Å². The Kier molecular flexibility index (Phi) is 43.2. The first-order valence-electron chi connectivity index (χ1n) is 28.1. The van der Waals surface area contributed by atoms with Crippen molar-refractivity contribution in [3.8, 4) is 0 Å². The van der Waals surface area contributed by atoms with E-state index in [2.05, 4.69) is 33.5 Å². The molecule has 0 aliphatic heterocycles. The quantitative estimate of drug-likeness (QED) is 0.0331. The van der Waals surface area contributed by atoms with Gasteiger partial charge in [0.25, 0.3) is 5.91 Å². The molecule has 5 amide bonds. The number of amides is 5. The first-order valence-corrected chi connectivity index (χ1v) is 28.1. The molecule has 468 valence electrons. The van der Waals surface area contributed by atoms with E-state index in [-0.39, 0.29) is 121 Å². The fourth-order valence-electron chi connectivity index (χ4n) is 7.44. The molecule has 0 spiro atoms. The number of rotatable bonds is 51. The van der Waals surface area contributed by atoms with Crippen molar-refractivity contribution in [3.63, 3.8) is 0 Å². The minimum atomic E-state index is -1.50. The molecule has 0 fully saturated rings. The van der Waals surface area contributed by atoms with Gasteiger partial charge in [-0.15, -0.1) is 0 Å². The van der Waals surface area contributed by atoms with Crippen LogP contribution in [0.3, 0.4) is 0 Å². The Morgan fingerprint density at radius 1 is 0.494 bits per heavy atom. The summed E-state index contributed by atoms with van der Waals surface area (Å²) < 4.78 is 21.1. The average molecular weight is 1180 g/mol. The Balaban J connectivity index is 0.00000168. The van der Waals surface area contributed by atoms with Crippen LogP contribution in [0.25, 0.3) is 0 Å². The van der Waals surface area contributed by atoms with Gasteiger partial charge in [-0.05, 0) is 88.5 Å². The lowest BCUT2D eigenvalue weighted by atomic mass is 9.94. The fraction of sp³-hybridized carbons (Fsp3) is 0.661. The van der Waals surface area contributed by atoms with Gasteiger partial charge in [0.2, 0.25) is 29.4 Å². The number of Topliss-reactive ketones (excluding diaryl/α,β-unsaturated/α-hetero) is 4. The van der Waals surface area contributed by atoms with E-state index in [9.17, 15) is 72.5 Å². The van der Waals surface area contributed by atoms with Crippen LogP contribution < -0.4 is 32.3 Å². The highest BCUT2D eigenvalue weighted by Gasteiger charge is 2.25. The maximum Gasteiger partial charge on any atom is 0.372 e. The fourth-order valence-corrected chi connectivity index (χ4v) is 7.44. The molecule has 0 aliphatic carbocycles. The number of unbranched alkanes of at least 4 members (excludes halogenated alkanes) is 3. The highest BCUT2D eigenvalue weighted by Crippen LogP contribution is 2.17. The number of hydrogen-bond acceptors (Lipinski definition) is 18. The van der Waals surface area contributed by atoms with Gasteiger partial charge in [0.15, 0.2) is 5.78 Å². The predicted molar refractivity (Wildman–Crippen MR) is 299 cm³/mol. The lowest BCUT2D eigenvalue weighted by molar-refractivity contribution is -0.149. The Hall–Kier alpha value is -7.23. The number of nitrogens with one attached hydrogen (secondary N) is 5. The summed E-state index contributed by atoms with van der Waals surface area (Å²) in [7, 11) is 0. The van der Waals surface area contributed by atoms with Gasteiger partial charge in [0.05, 0.1) is 44.9 Å². The summed E-state index contributed by atoms with van der Waals surface area (Å²) in [6, 6.07) is 5.42. The van der Waals surface area contributed by atoms with E-state index < -0.39 is 83.0 Å². The number of carbonyl (C=O) groups is 13. The summed E-state index contributed by atoms with van der Waals surface area (Å²) in [6.07, 6.45) is 4.41. The Morgan fingerprint density at radius 2 is 1.06 bits per heavy atom. The van der Waals surface area contributed by atoms with Crippen molar-refractivity contribution >= 4 is 82.2 Å². The van der Waals surface area contributed by atoms with Gasteiger partial charge in [-0.25, -0.2) is 9.59 Å². The maximum atomic E-state index is 12.3. The molecule has 0 heterocycles. The number of carboxylic acids is 4. The molecule has 1 aromatic carbocycles. The van der Waals surface area contributed by atoms with Gasteiger partial charge in [-0.1, -0.05) is 27.2 Å². The lowest BCUT2D eigenvalue weighted by Gasteiger charge is -2.15. The summed E-state index contributed by atoms with van der Waals surface area (Å²) in [5.74, 6) is -11.1. The number of carboxylic acid groups (broad SMARTS) is 4. The van der Waals surface area contributed by atoms with Crippen LogP contribution in [-0.2, 0) is 76.5 Å². The molecule has 0 saturated heterocycles.